The number of nitrogens with zero attached hydrogens (tertiary/aromatic N) is 2. The average molecular weight is 260 g/mol. The normalized spacial score (nSPS) is 10.2. The van der Waals surface area contributed by atoms with E-state index in [1.807, 2.05) is 0 Å². The van der Waals surface area contributed by atoms with E-state index >= 15 is 0 Å². The highest BCUT2D eigenvalue weighted by Gasteiger charge is 2.14. The van der Waals surface area contributed by atoms with Gasteiger partial charge in [0.15, 0.2) is 0 Å². The van der Waals surface area contributed by atoms with Crippen LogP contribution in [0.25, 0.3) is 5.69 Å². The molecule has 19 heavy (non-hydrogen) atoms. The summed E-state index contributed by atoms with van der Waals surface area (Å²) in [6, 6.07) is 7.87. The zero-order valence-electron chi connectivity index (χ0n) is 10.5. The number of carbonyl (C=O) groups is 1. The molecule has 1 heterocycles. The lowest BCUT2D eigenvalue weighted by Crippen LogP contribution is -2.27. The number of benzene rings is 1. The summed E-state index contributed by atoms with van der Waals surface area (Å²) < 4.78 is 6.09. The molecule has 0 saturated carbocycles. The molecule has 0 atom stereocenters. The standard InChI is InChI=1S/C13H12N2O4/c1-8-7-11(13(17)18)12(16)15(14-8)9-3-5-10(19-2)6-4-9/h3-7H,1-2H3,(H,17,18). The van der Waals surface area contributed by atoms with Crippen molar-refractivity contribution in [3.05, 3.63) is 51.9 Å². The number of rotatable bonds is 3. The lowest BCUT2D eigenvalue weighted by molar-refractivity contribution is 0.0694. The second kappa shape index (κ2) is 4.93. The number of carboxylic acid groups (broad SMARTS) is 1. The van der Waals surface area contributed by atoms with Gasteiger partial charge in [-0.05, 0) is 37.3 Å². The molecular formula is C13H12N2O4. The molecule has 0 aliphatic heterocycles. The minimum atomic E-state index is -1.27. The molecule has 6 nitrogen and oxygen atoms in total. The molecule has 2 aromatic rings. The Morgan fingerprint density at radius 2 is 1.95 bits per heavy atom. The van der Waals surface area contributed by atoms with E-state index in [2.05, 4.69) is 5.10 Å². The van der Waals surface area contributed by atoms with Crippen molar-refractivity contribution in [3.8, 4) is 11.4 Å². The van der Waals surface area contributed by atoms with Gasteiger partial charge in [0.2, 0.25) is 0 Å². The van der Waals surface area contributed by atoms with E-state index in [1.165, 1.54) is 13.2 Å². The number of aryl methyl sites for hydroxylation is 1. The fraction of sp³-hybridized carbons (Fsp3) is 0.154. The van der Waals surface area contributed by atoms with Crippen molar-refractivity contribution in [3.63, 3.8) is 0 Å². The van der Waals surface area contributed by atoms with Crippen molar-refractivity contribution in [2.24, 2.45) is 0 Å². The van der Waals surface area contributed by atoms with Crippen molar-refractivity contribution >= 4 is 5.97 Å². The highest BCUT2D eigenvalue weighted by atomic mass is 16.5. The van der Waals surface area contributed by atoms with Crippen LogP contribution in [0.3, 0.4) is 0 Å². The van der Waals surface area contributed by atoms with Crippen LogP contribution in [0.4, 0.5) is 0 Å². The van der Waals surface area contributed by atoms with E-state index < -0.39 is 11.5 Å². The quantitative estimate of drug-likeness (QED) is 0.898. The molecule has 1 N–H and O–H groups in total. The van der Waals surface area contributed by atoms with Gasteiger partial charge in [0.25, 0.3) is 5.56 Å². The lowest BCUT2D eigenvalue weighted by Gasteiger charge is -2.07. The summed E-state index contributed by atoms with van der Waals surface area (Å²) >= 11 is 0. The van der Waals surface area contributed by atoms with Crippen LogP contribution in [0.5, 0.6) is 5.75 Å². The van der Waals surface area contributed by atoms with Crippen LogP contribution in [0.1, 0.15) is 16.1 Å². The van der Waals surface area contributed by atoms with Crippen LogP contribution < -0.4 is 10.3 Å². The van der Waals surface area contributed by atoms with Crippen molar-refractivity contribution in [1.82, 2.24) is 9.78 Å². The highest BCUT2D eigenvalue weighted by molar-refractivity contribution is 5.87. The van der Waals surface area contributed by atoms with E-state index in [-0.39, 0.29) is 5.56 Å². The summed E-state index contributed by atoms with van der Waals surface area (Å²) in [5, 5.41) is 13.0. The monoisotopic (exact) mass is 260 g/mol. The molecule has 0 amide bonds. The Morgan fingerprint density at radius 3 is 2.47 bits per heavy atom. The summed E-state index contributed by atoms with van der Waals surface area (Å²) in [5.41, 5.74) is -0.0311. The molecule has 1 aromatic heterocycles. The zero-order valence-corrected chi connectivity index (χ0v) is 10.5. The molecule has 0 bridgehead atoms. The van der Waals surface area contributed by atoms with E-state index in [9.17, 15) is 9.59 Å². The summed E-state index contributed by atoms with van der Waals surface area (Å²) in [5.74, 6) is -0.624. The van der Waals surface area contributed by atoms with Gasteiger partial charge in [0.1, 0.15) is 11.3 Å². The molecule has 0 saturated heterocycles. The number of hydrogen-bond acceptors (Lipinski definition) is 4. The van der Waals surface area contributed by atoms with Gasteiger partial charge in [-0.3, -0.25) is 4.79 Å². The van der Waals surface area contributed by atoms with Gasteiger partial charge in [-0.25, -0.2) is 4.79 Å². The Kier molecular flexibility index (Phi) is 3.33. The predicted octanol–water partition coefficient (Wildman–Crippen LogP) is 1.25. The summed E-state index contributed by atoms with van der Waals surface area (Å²) in [4.78, 5) is 23.0. The smallest absolute Gasteiger partial charge is 0.341 e. The minimum absolute atomic E-state index is 0.302. The molecule has 2 rings (SSSR count). The first-order chi connectivity index (χ1) is 9.02. The minimum Gasteiger partial charge on any atom is -0.497 e. The zero-order chi connectivity index (χ0) is 14.0. The van der Waals surface area contributed by atoms with Crippen molar-refractivity contribution in [1.29, 1.82) is 0 Å². The third kappa shape index (κ3) is 2.47. The highest BCUT2D eigenvalue weighted by Crippen LogP contribution is 2.13. The molecule has 98 valence electrons. The van der Waals surface area contributed by atoms with Crippen molar-refractivity contribution < 1.29 is 14.6 Å². The van der Waals surface area contributed by atoms with Crippen LogP contribution in [0.15, 0.2) is 35.1 Å². The maximum Gasteiger partial charge on any atom is 0.341 e. The van der Waals surface area contributed by atoms with Gasteiger partial charge >= 0.3 is 5.97 Å². The van der Waals surface area contributed by atoms with Crippen molar-refractivity contribution in [2.75, 3.05) is 7.11 Å². The molecule has 0 radical (unpaired) electrons. The van der Waals surface area contributed by atoms with Crippen LogP contribution in [0, 0.1) is 6.92 Å². The number of ether oxygens (including phenoxy) is 1. The van der Waals surface area contributed by atoms with Crippen LogP contribution in [-0.4, -0.2) is 28.0 Å². The Hall–Kier alpha value is -2.63. The van der Waals surface area contributed by atoms with Crippen molar-refractivity contribution in [2.45, 2.75) is 6.92 Å². The first-order valence-electron chi connectivity index (χ1n) is 5.51. The van der Waals surface area contributed by atoms with Gasteiger partial charge in [0.05, 0.1) is 18.5 Å². The maximum atomic E-state index is 12.0. The van der Waals surface area contributed by atoms with E-state index in [1.54, 1.807) is 31.2 Å². The Morgan fingerprint density at radius 1 is 1.32 bits per heavy atom. The molecule has 0 spiro atoms. The summed E-state index contributed by atoms with van der Waals surface area (Å²) in [7, 11) is 1.54. The predicted molar refractivity (Wildman–Crippen MR) is 68.1 cm³/mol. The number of aromatic nitrogens is 2. The maximum absolute atomic E-state index is 12.0. The summed E-state index contributed by atoms with van der Waals surface area (Å²) in [6.45, 7) is 1.63. The Labute approximate surface area is 108 Å². The second-order valence-electron chi connectivity index (χ2n) is 3.92. The second-order valence-corrected chi connectivity index (χ2v) is 3.92. The van der Waals surface area contributed by atoms with E-state index in [4.69, 9.17) is 9.84 Å². The summed E-state index contributed by atoms with van der Waals surface area (Å²) in [6.07, 6.45) is 0. The van der Waals surface area contributed by atoms with Gasteiger partial charge in [-0.1, -0.05) is 0 Å². The molecule has 6 heteroatoms. The number of hydrogen-bond donors (Lipinski definition) is 1. The first-order valence-corrected chi connectivity index (χ1v) is 5.51. The molecule has 0 unspecified atom stereocenters. The van der Waals surface area contributed by atoms with Gasteiger partial charge in [-0.2, -0.15) is 9.78 Å². The molecular weight excluding hydrogens is 248 g/mol. The SMILES string of the molecule is COc1ccc(-n2nc(C)cc(C(=O)O)c2=O)cc1. The third-order valence-electron chi connectivity index (χ3n) is 2.58. The fourth-order valence-electron chi connectivity index (χ4n) is 1.67. The molecule has 0 aliphatic rings. The van der Waals surface area contributed by atoms with Crippen LogP contribution in [0.2, 0.25) is 0 Å². The molecule has 0 fully saturated rings. The number of carboxylic acids is 1. The van der Waals surface area contributed by atoms with Crippen LogP contribution >= 0.6 is 0 Å². The molecule has 0 aliphatic carbocycles. The first kappa shape index (κ1) is 12.8. The Bertz CT molecular complexity index is 674. The van der Waals surface area contributed by atoms with E-state index in [0.717, 1.165) is 4.68 Å². The van der Waals surface area contributed by atoms with Crippen LogP contribution in [-0.2, 0) is 0 Å². The van der Waals surface area contributed by atoms with E-state index in [0.29, 0.717) is 17.1 Å². The fourth-order valence-corrected chi connectivity index (χ4v) is 1.67. The third-order valence-corrected chi connectivity index (χ3v) is 2.58. The molecule has 1 aromatic carbocycles. The number of methoxy groups -OCH3 is 1. The van der Waals surface area contributed by atoms with Gasteiger partial charge in [0, 0.05) is 0 Å². The topological polar surface area (TPSA) is 81.4 Å². The Balaban J connectivity index is 2.61. The average Bonchev–Trinajstić information content (AvgIpc) is 2.41. The van der Waals surface area contributed by atoms with Gasteiger partial charge < -0.3 is 9.84 Å². The lowest BCUT2D eigenvalue weighted by atomic mass is 10.2. The number of aromatic carboxylic acids is 1. The largest absolute Gasteiger partial charge is 0.497 e. The van der Waals surface area contributed by atoms with Gasteiger partial charge in [-0.15, -0.1) is 0 Å².